The highest BCUT2D eigenvalue weighted by molar-refractivity contribution is 5.46. The van der Waals surface area contributed by atoms with E-state index < -0.39 is 0 Å². The van der Waals surface area contributed by atoms with Crippen LogP contribution in [0.3, 0.4) is 0 Å². The first-order valence-corrected chi connectivity index (χ1v) is 7.33. The lowest BCUT2D eigenvalue weighted by molar-refractivity contribution is 0.313. The maximum atomic E-state index is 6.20. The molecule has 1 atom stereocenters. The second-order valence-electron chi connectivity index (χ2n) is 7.01. The van der Waals surface area contributed by atoms with Crippen LogP contribution < -0.4 is 5.73 Å². The van der Waals surface area contributed by atoms with Gasteiger partial charge in [0, 0.05) is 18.0 Å². The third-order valence-electron chi connectivity index (χ3n) is 4.34. The monoisotopic (exact) mass is 260 g/mol. The van der Waals surface area contributed by atoms with Crippen molar-refractivity contribution in [1.82, 2.24) is 4.90 Å². The number of rotatable bonds is 3. The molecule has 0 unspecified atom stereocenters. The van der Waals surface area contributed by atoms with E-state index in [-0.39, 0.29) is 5.41 Å². The number of hydrogen-bond donors (Lipinski definition) is 1. The van der Waals surface area contributed by atoms with Gasteiger partial charge in [-0.05, 0) is 62.5 Å². The van der Waals surface area contributed by atoms with Crippen LogP contribution in [0.1, 0.15) is 42.5 Å². The number of likely N-dealkylation sites (N-methyl/N-ethyl adjacent to an activating group) is 1. The molecule has 1 aromatic rings. The summed E-state index contributed by atoms with van der Waals surface area (Å²) in [6.07, 6.45) is 3.32. The van der Waals surface area contributed by atoms with Gasteiger partial charge >= 0.3 is 0 Å². The van der Waals surface area contributed by atoms with Gasteiger partial charge in [0.15, 0.2) is 0 Å². The van der Waals surface area contributed by atoms with Crippen molar-refractivity contribution in [3.8, 4) is 0 Å². The Morgan fingerprint density at radius 1 is 1.26 bits per heavy atom. The Bertz CT molecular complexity index is 461. The van der Waals surface area contributed by atoms with Crippen molar-refractivity contribution >= 4 is 0 Å². The predicted molar refractivity (Wildman–Crippen MR) is 82.8 cm³/mol. The van der Waals surface area contributed by atoms with E-state index in [0.717, 1.165) is 25.8 Å². The molecule has 0 radical (unpaired) electrons. The molecule has 1 aliphatic rings. The van der Waals surface area contributed by atoms with Crippen LogP contribution in [0, 0.1) is 6.92 Å². The molecule has 0 aliphatic heterocycles. The molecule has 2 nitrogen and oxygen atoms in total. The van der Waals surface area contributed by atoms with Gasteiger partial charge in [0.05, 0.1) is 0 Å². The summed E-state index contributed by atoms with van der Waals surface area (Å²) in [5.74, 6) is 0. The van der Waals surface area contributed by atoms with Crippen molar-refractivity contribution in [1.29, 1.82) is 0 Å². The highest BCUT2D eigenvalue weighted by Crippen LogP contribution is 2.34. The lowest BCUT2D eigenvalue weighted by Crippen LogP contribution is -2.36. The van der Waals surface area contributed by atoms with Crippen LogP contribution in [0.2, 0.25) is 0 Å². The van der Waals surface area contributed by atoms with Gasteiger partial charge in [0.1, 0.15) is 0 Å². The molecular formula is C17H28N2. The van der Waals surface area contributed by atoms with E-state index in [1.165, 1.54) is 16.7 Å². The topological polar surface area (TPSA) is 29.3 Å². The quantitative estimate of drug-likeness (QED) is 0.905. The van der Waals surface area contributed by atoms with E-state index in [0.29, 0.717) is 6.04 Å². The normalized spacial score (nSPS) is 19.6. The zero-order valence-corrected chi connectivity index (χ0v) is 13.1. The third-order valence-corrected chi connectivity index (χ3v) is 4.34. The molecule has 2 rings (SSSR count). The summed E-state index contributed by atoms with van der Waals surface area (Å²) in [6.45, 7) is 7.99. The molecule has 1 aromatic carbocycles. The lowest BCUT2D eigenvalue weighted by atomic mass is 9.74. The fourth-order valence-corrected chi connectivity index (χ4v) is 3.60. The summed E-state index contributed by atoms with van der Waals surface area (Å²) in [7, 11) is 4.29. The Balaban J connectivity index is 2.47. The van der Waals surface area contributed by atoms with E-state index >= 15 is 0 Å². The SMILES string of the molecule is Cc1ccc(C(C)(C)CN(C)C)c2c1CC[C@@H](N)C2. The van der Waals surface area contributed by atoms with Gasteiger partial charge in [-0.25, -0.2) is 0 Å². The molecule has 0 amide bonds. The minimum absolute atomic E-state index is 0.179. The summed E-state index contributed by atoms with van der Waals surface area (Å²) in [4.78, 5) is 2.27. The fourth-order valence-electron chi connectivity index (χ4n) is 3.60. The molecule has 0 saturated carbocycles. The van der Waals surface area contributed by atoms with E-state index in [1.807, 2.05) is 0 Å². The number of hydrogen-bond acceptors (Lipinski definition) is 2. The van der Waals surface area contributed by atoms with Gasteiger partial charge in [-0.1, -0.05) is 26.0 Å². The molecule has 2 N–H and O–H groups in total. The molecule has 0 aromatic heterocycles. The number of aryl methyl sites for hydroxylation is 1. The molecule has 1 aliphatic carbocycles. The molecule has 0 saturated heterocycles. The van der Waals surface area contributed by atoms with Crippen LogP contribution in [0.15, 0.2) is 12.1 Å². The number of fused-ring (bicyclic) bond motifs is 1. The maximum absolute atomic E-state index is 6.20. The Hall–Kier alpha value is -0.860. The van der Waals surface area contributed by atoms with Gasteiger partial charge in [-0.2, -0.15) is 0 Å². The van der Waals surface area contributed by atoms with Crippen LogP contribution in [0.5, 0.6) is 0 Å². The fraction of sp³-hybridized carbons (Fsp3) is 0.647. The smallest absolute Gasteiger partial charge is 0.00827 e. The molecule has 0 fully saturated rings. The second kappa shape index (κ2) is 5.26. The molecular weight excluding hydrogens is 232 g/mol. The standard InChI is InChI=1S/C17H28N2/c1-12-6-9-16(17(2,3)11-19(4)5)15-10-13(18)7-8-14(12)15/h6,9,13H,7-8,10-11,18H2,1-5H3/t13-/m1/s1. The van der Waals surface area contributed by atoms with Crippen LogP contribution in [0.25, 0.3) is 0 Å². The summed E-state index contributed by atoms with van der Waals surface area (Å²) >= 11 is 0. The first-order chi connectivity index (χ1) is 8.81. The van der Waals surface area contributed by atoms with Crippen LogP contribution >= 0.6 is 0 Å². The van der Waals surface area contributed by atoms with Crippen molar-refractivity contribution in [2.45, 2.75) is 51.5 Å². The van der Waals surface area contributed by atoms with Crippen LogP contribution in [0.4, 0.5) is 0 Å². The minimum atomic E-state index is 0.179. The summed E-state index contributed by atoms with van der Waals surface area (Å²) in [5, 5.41) is 0. The van der Waals surface area contributed by atoms with Crippen molar-refractivity contribution in [2.75, 3.05) is 20.6 Å². The molecule has 0 bridgehead atoms. The van der Waals surface area contributed by atoms with Crippen molar-refractivity contribution in [3.63, 3.8) is 0 Å². The number of benzene rings is 1. The van der Waals surface area contributed by atoms with Gasteiger partial charge < -0.3 is 10.6 Å². The molecule has 106 valence electrons. The summed E-state index contributed by atoms with van der Waals surface area (Å²) < 4.78 is 0. The summed E-state index contributed by atoms with van der Waals surface area (Å²) in [5.41, 5.74) is 12.4. The average molecular weight is 260 g/mol. The van der Waals surface area contributed by atoms with Crippen molar-refractivity contribution in [2.24, 2.45) is 5.73 Å². The van der Waals surface area contributed by atoms with Crippen molar-refractivity contribution in [3.05, 3.63) is 34.4 Å². The van der Waals surface area contributed by atoms with E-state index in [4.69, 9.17) is 5.73 Å². The van der Waals surface area contributed by atoms with E-state index in [2.05, 4.69) is 51.9 Å². The average Bonchev–Trinajstić information content (AvgIpc) is 2.26. The van der Waals surface area contributed by atoms with E-state index in [9.17, 15) is 0 Å². The molecule has 2 heteroatoms. The van der Waals surface area contributed by atoms with Crippen molar-refractivity contribution < 1.29 is 0 Å². The zero-order valence-electron chi connectivity index (χ0n) is 13.1. The Morgan fingerprint density at radius 3 is 2.58 bits per heavy atom. The van der Waals surface area contributed by atoms with Crippen LogP contribution in [-0.4, -0.2) is 31.6 Å². The maximum Gasteiger partial charge on any atom is 0.00827 e. The first kappa shape index (κ1) is 14.5. The van der Waals surface area contributed by atoms with Crippen LogP contribution in [-0.2, 0) is 18.3 Å². The lowest BCUT2D eigenvalue weighted by Gasteiger charge is -2.35. The zero-order chi connectivity index (χ0) is 14.2. The van der Waals surface area contributed by atoms with Gasteiger partial charge in [0.2, 0.25) is 0 Å². The summed E-state index contributed by atoms with van der Waals surface area (Å²) in [6, 6.07) is 4.96. The molecule has 0 heterocycles. The Kier molecular flexibility index (Phi) is 4.03. The van der Waals surface area contributed by atoms with E-state index in [1.54, 1.807) is 5.56 Å². The highest BCUT2D eigenvalue weighted by atomic mass is 15.1. The third kappa shape index (κ3) is 3.01. The second-order valence-corrected chi connectivity index (χ2v) is 7.01. The number of nitrogens with two attached hydrogens (primary N) is 1. The first-order valence-electron chi connectivity index (χ1n) is 7.33. The Morgan fingerprint density at radius 2 is 1.95 bits per heavy atom. The minimum Gasteiger partial charge on any atom is -0.327 e. The highest BCUT2D eigenvalue weighted by Gasteiger charge is 2.28. The van der Waals surface area contributed by atoms with Gasteiger partial charge in [0.25, 0.3) is 0 Å². The molecule has 19 heavy (non-hydrogen) atoms. The van der Waals surface area contributed by atoms with Gasteiger partial charge in [-0.3, -0.25) is 0 Å². The molecule has 0 spiro atoms. The Labute approximate surface area is 118 Å². The van der Waals surface area contributed by atoms with Gasteiger partial charge in [-0.15, -0.1) is 0 Å². The largest absolute Gasteiger partial charge is 0.327 e. The number of nitrogens with zero attached hydrogens (tertiary/aromatic N) is 1. The predicted octanol–water partition coefficient (Wildman–Crippen LogP) is 2.65.